The lowest BCUT2D eigenvalue weighted by Crippen LogP contribution is -2.28. The Balaban J connectivity index is 3.41. The van der Waals surface area contributed by atoms with Gasteiger partial charge in [0.15, 0.2) is 0 Å². The smallest absolute Gasteiger partial charge is 0.211 e. The van der Waals surface area contributed by atoms with Gasteiger partial charge in [-0.15, -0.1) is 0 Å². The maximum atomic E-state index is 11.3. The molecule has 0 aromatic carbocycles. The summed E-state index contributed by atoms with van der Waals surface area (Å²) in [7, 11) is -3.07. The van der Waals surface area contributed by atoms with E-state index in [4.69, 9.17) is 10.5 Å². The number of nitrogens with one attached hydrogen (secondary N) is 1. The van der Waals surface area contributed by atoms with Gasteiger partial charge in [-0.3, -0.25) is 0 Å². The number of rotatable bonds is 10. The molecular formula is C9H22N2O3S. The van der Waals surface area contributed by atoms with Crippen LogP contribution in [0.5, 0.6) is 0 Å². The second-order valence-electron chi connectivity index (χ2n) is 3.32. The van der Waals surface area contributed by atoms with Gasteiger partial charge in [-0.1, -0.05) is 13.3 Å². The largest absolute Gasteiger partial charge is 0.380 e. The van der Waals surface area contributed by atoms with Crippen LogP contribution in [0, 0.1) is 0 Å². The average molecular weight is 238 g/mol. The normalized spacial score (nSPS) is 11.9. The molecule has 15 heavy (non-hydrogen) atoms. The van der Waals surface area contributed by atoms with Crippen molar-refractivity contribution in [1.29, 1.82) is 0 Å². The monoisotopic (exact) mass is 238 g/mol. The topological polar surface area (TPSA) is 81.4 Å². The van der Waals surface area contributed by atoms with Crippen molar-refractivity contribution in [1.82, 2.24) is 4.72 Å². The van der Waals surface area contributed by atoms with E-state index in [1.54, 1.807) is 0 Å². The molecule has 0 aromatic heterocycles. The number of hydrogen-bond acceptors (Lipinski definition) is 4. The fourth-order valence-corrected chi connectivity index (χ4v) is 2.26. The Kier molecular flexibility index (Phi) is 8.98. The van der Waals surface area contributed by atoms with Crippen LogP contribution < -0.4 is 10.5 Å². The molecule has 0 unspecified atom stereocenters. The molecule has 0 saturated carbocycles. The molecule has 92 valence electrons. The maximum absolute atomic E-state index is 11.3. The van der Waals surface area contributed by atoms with E-state index in [0.717, 1.165) is 6.42 Å². The predicted octanol–water partition coefficient (Wildman–Crippen LogP) is 0.0713. The molecule has 0 fully saturated rings. The van der Waals surface area contributed by atoms with E-state index in [2.05, 4.69) is 4.72 Å². The molecule has 0 spiro atoms. The summed E-state index contributed by atoms with van der Waals surface area (Å²) >= 11 is 0. The van der Waals surface area contributed by atoms with E-state index in [9.17, 15) is 8.42 Å². The van der Waals surface area contributed by atoms with E-state index in [1.165, 1.54) is 0 Å². The zero-order chi connectivity index (χ0) is 11.6. The van der Waals surface area contributed by atoms with Gasteiger partial charge in [-0.25, -0.2) is 13.1 Å². The lowest BCUT2D eigenvalue weighted by Gasteiger charge is -2.06. The molecule has 0 amide bonds. The fourth-order valence-electron chi connectivity index (χ4n) is 0.994. The van der Waals surface area contributed by atoms with Crippen LogP contribution in [-0.4, -0.2) is 40.5 Å². The maximum Gasteiger partial charge on any atom is 0.211 e. The molecule has 0 heterocycles. The number of nitrogens with two attached hydrogens (primary N) is 1. The van der Waals surface area contributed by atoms with Crippen molar-refractivity contribution in [2.45, 2.75) is 26.2 Å². The van der Waals surface area contributed by atoms with Crippen LogP contribution in [0.15, 0.2) is 0 Å². The Morgan fingerprint density at radius 2 is 2.00 bits per heavy atom. The molecule has 0 aromatic rings. The minimum atomic E-state index is -3.07. The van der Waals surface area contributed by atoms with Crippen molar-refractivity contribution >= 4 is 10.0 Å². The van der Waals surface area contributed by atoms with Crippen molar-refractivity contribution < 1.29 is 13.2 Å². The second-order valence-corrected chi connectivity index (χ2v) is 5.25. The highest BCUT2D eigenvalue weighted by Gasteiger charge is 2.07. The number of hydrogen-bond donors (Lipinski definition) is 2. The van der Waals surface area contributed by atoms with Crippen LogP contribution in [0.1, 0.15) is 26.2 Å². The SMILES string of the molecule is CCCCS(=O)(=O)NCCCOCCN. The van der Waals surface area contributed by atoms with Crippen molar-refractivity contribution in [3.63, 3.8) is 0 Å². The van der Waals surface area contributed by atoms with E-state index in [-0.39, 0.29) is 5.75 Å². The Hall–Kier alpha value is -0.170. The van der Waals surface area contributed by atoms with Gasteiger partial charge < -0.3 is 10.5 Å². The van der Waals surface area contributed by atoms with E-state index in [1.807, 2.05) is 6.92 Å². The minimum absolute atomic E-state index is 0.215. The Morgan fingerprint density at radius 1 is 1.27 bits per heavy atom. The zero-order valence-corrected chi connectivity index (χ0v) is 10.2. The highest BCUT2D eigenvalue weighted by Crippen LogP contribution is 1.93. The number of sulfonamides is 1. The first kappa shape index (κ1) is 14.8. The average Bonchev–Trinajstić information content (AvgIpc) is 2.20. The third-order valence-corrected chi connectivity index (χ3v) is 3.29. The predicted molar refractivity (Wildman–Crippen MR) is 61.2 cm³/mol. The van der Waals surface area contributed by atoms with Crippen molar-refractivity contribution in [2.24, 2.45) is 5.73 Å². The molecule has 0 aliphatic carbocycles. The number of ether oxygens (including phenoxy) is 1. The Morgan fingerprint density at radius 3 is 2.60 bits per heavy atom. The Bertz CT molecular complexity index is 230. The highest BCUT2D eigenvalue weighted by molar-refractivity contribution is 7.89. The summed E-state index contributed by atoms with van der Waals surface area (Å²) in [5.74, 6) is 0.215. The molecule has 0 aliphatic heterocycles. The summed E-state index contributed by atoms with van der Waals surface area (Å²) in [6.45, 7) is 3.99. The lowest BCUT2D eigenvalue weighted by atomic mass is 10.4. The van der Waals surface area contributed by atoms with Gasteiger partial charge in [0.2, 0.25) is 10.0 Å². The summed E-state index contributed by atoms with van der Waals surface area (Å²) in [5.41, 5.74) is 5.23. The third-order valence-electron chi connectivity index (χ3n) is 1.82. The van der Waals surface area contributed by atoms with Gasteiger partial charge in [-0.2, -0.15) is 0 Å². The summed E-state index contributed by atoms with van der Waals surface area (Å²) in [4.78, 5) is 0. The van der Waals surface area contributed by atoms with Gasteiger partial charge in [-0.05, 0) is 12.8 Å². The minimum Gasteiger partial charge on any atom is -0.380 e. The summed E-state index contributed by atoms with van der Waals surface area (Å²) < 4.78 is 30.3. The summed E-state index contributed by atoms with van der Waals surface area (Å²) in [5, 5.41) is 0. The standard InChI is InChI=1S/C9H22N2O3S/c1-2-3-9-15(12,13)11-6-4-7-14-8-5-10/h11H,2-10H2,1H3. The van der Waals surface area contributed by atoms with Crippen LogP contribution in [0.3, 0.4) is 0 Å². The van der Waals surface area contributed by atoms with Gasteiger partial charge >= 0.3 is 0 Å². The van der Waals surface area contributed by atoms with Crippen LogP contribution in [0.25, 0.3) is 0 Å². The van der Waals surface area contributed by atoms with E-state index < -0.39 is 10.0 Å². The molecule has 6 heteroatoms. The molecule has 3 N–H and O–H groups in total. The van der Waals surface area contributed by atoms with Crippen molar-refractivity contribution in [3.05, 3.63) is 0 Å². The van der Waals surface area contributed by atoms with Gasteiger partial charge in [0.1, 0.15) is 0 Å². The molecule has 0 rings (SSSR count). The molecule has 0 atom stereocenters. The lowest BCUT2D eigenvalue weighted by molar-refractivity contribution is 0.140. The second kappa shape index (κ2) is 9.08. The van der Waals surface area contributed by atoms with E-state index >= 15 is 0 Å². The van der Waals surface area contributed by atoms with Crippen LogP contribution in [-0.2, 0) is 14.8 Å². The van der Waals surface area contributed by atoms with Gasteiger partial charge in [0.25, 0.3) is 0 Å². The molecule has 5 nitrogen and oxygen atoms in total. The highest BCUT2D eigenvalue weighted by atomic mass is 32.2. The fraction of sp³-hybridized carbons (Fsp3) is 1.00. The first-order chi connectivity index (χ1) is 7.12. The zero-order valence-electron chi connectivity index (χ0n) is 9.37. The van der Waals surface area contributed by atoms with Gasteiger partial charge in [0.05, 0.1) is 12.4 Å². The van der Waals surface area contributed by atoms with Crippen molar-refractivity contribution in [3.8, 4) is 0 Å². The molecule has 0 aliphatic rings. The van der Waals surface area contributed by atoms with E-state index in [0.29, 0.717) is 39.1 Å². The van der Waals surface area contributed by atoms with Crippen LogP contribution in [0.4, 0.5) is 0 Å². The number of unbranched alkanes of at least 4 members (excludes halogenated alkanes) is 1. The molecule has 0 bridgehead atoms. The molecule has 0 radical (unpaired) electrons. The van der Waals surface area contributed by atoms with Crippen LogP contribution in [0.2, 0.25) is 0 Å². The first-order valence-corrected chi connectivity index (χ1v) is 7.02. The summed E-state index contributed by atoms with van der Waals surface area (Å²) in [6.07, 6.45) is 2.28. The Labute approximate surface area is 92.4 Å². The van der Waals surface area contributed by atoms with Crippen LogP contribution >= 0.6 is 0 Å². The summed E-state index contributed by atoms with van der Waals surface area (Å²) in [6, 6.07) is 0. The van der Waals surface area contributed by atoms with Gasteiger partial charge in [0, 0.05) is 19.7 Å². The third kappa shape index (κ3) is 10.1. The molecule has 0 saturated heterocycles. The molecular weight excluding hydrogens is 216 g/mol. The van der Waals surface area contributed by atoms with Crippen molar-refractivity contribution in [2.75, 3.05) is 32.1 Å². The first-order valence-electron chi connectivity index (χ1n) is 5.37. The quantitative estimate of drug-likeness (QED) is 0.528.